The van der Waals surface area contributed by atoms with Gasteiger partial charge >= 0.3 is 6.18 Å². The highest BCUT2D eigenvalue weighted by atomic mass is 35.5. The lowest BCUT2D eigenvalue weighted by Crippen LogP contribution is -2.04. The van der Waals surface area contributed by atoms with Crippen LogP contribution in [0.15, 0.2) is 24.3 Å². The van der Waals surface area contributed by atoms with Crippen molar-refractivity contribution in [3.05, 3.63) is 40.5 Å². The maximum atomic E-state index is 12.6. The maximum absolute atomic E-state index is 12.6. The Bertz CT molecular complexity index is 591. The van der Waals surface area contributed by atoms with Crippen LogP contribution in [0, 0.1) is 0 Å². The van der Waals surface area contributed by atoms with E-state index in [9.17, 15) is 13.2 Å². The van der Waals surface area contributed by atoms with E-state index >= 15 is 0 Å². The second-order valence-corrected chi connectivity index (χ2v) is 4.79. The molecule has 1 heterocycles. The highest BCUT2D eigenvalue weighted by Crippen LogP contribution is 2.33. The number of pyridine rings is 1. The predicted molar refractivity (Wildman–Crippen MR) is 65.8 cm³/mol. The molecule has 1 nitrogen and oxygen atoms in total. The number of benzene rings is 1. The first-order chi connectivity index (χ1) is 8.29. The molecule has 0 saturated carbocycles. The first-order valence-electron chi connectivity index (χ1n) is 5.46. The van der Waals surface area contributed by atoms with Gasteiger partial charge in [0.2, 0.25) is 0 Å². The third-order valence-corrected chi connectivity index (χ3v) is 3.05. The van der Waals surface area contributed by atoms with Crippen LogP contribution < -0.4 is 0 Å². The van der Waals surface area contributed by atoms with Crippen LogP contribution in [-0.2, 0) is 6.18 Å². The van der Waals surface area contributed by atoms with E-state index in [2.05, 4.69) is 4.98 Å². The maximum Gasteiger partial charge on any atom is 0.416 e. The molecule has 5 heteroatoms. The van der Waals surface area contributed by atoms with E-state index in [1.165, 1.54) is 6.07 Å². The van der Waals surface area contributed by atoms with E-state index < -0.39 is 11.7 Å². The number of aromatic nitrogens is 1. The fraction of sp³-hybridized carbons (Fsp3) is 0.308. The summed E-state index contributed by atoms with van der Waals surface area (Å²) in [6.07, 6.45) is -4.34. The van der Waals surface area contributed by atoms with Crippen molar-refractivity contribution >= 4 is 22.5 Å². The third kappa shape index (κ3) is 2.43. The van der Waals surface area contributed by atoms with Crippen molar-refractivity contribution in [2.75, 3.05) is 0 Å². The smallest absolute Gasteiger partial charge is 0.236 e. The molecule has 1 aromatic heterocycles. The second kappa shape index (κ2) is 4.43. The summed E-state index contributed by atoms with van der Waals surface area (Å²) < 4.78 is 37.8. The molecule has 0 spiro atoms. The van der Waals surface area contributed by atoms with Gasteiger partial charge in [-0.2, -0.15) is 13.2 Å². The molecule has 0 saturated heterocycles. The van der Waals surface area contributed by atoms with Crippen molar-refractivity contribution in [3.63, 3.8) is 0 Å². The lowest BCUT2D eigenvalue weighted by Gasteiger charge is -2.11. The molecule has 0 aliphatic heterocycles. The lowest BCUT2D eigenvalue weighted by molar-refractivity contribution is -0.137. The standard InChI is InChI=1S/C13H11ClF3N/c1-7(2)10-6-8-5-9(13(15,16)17)3-4-11(8)18-12(10)14/h3-7H,1-2H3. The van der Waals surface area contributed by atoms with E-state index in [0.717, 1.165) is 17.7 Å². The van der Waals surface area contributed by atoms with Gasteiger partial charge in [-0.3, -0.25) is 0 Å². The lowest BCUT2D eigenvalue weighted by atomic mass is 10.0. The summed E-state index contributed by atoms with van der Waals surface area (Å²) in [5, 5.41) is 0.801. The number of hydrogen-bond acceptors (Lipinski definition) is 1. The summed E-state index contributed by atoms with van der Waals surface area (Å²) in [6, 6.07) is 5.13. The summed E-state index contributed by atoms with van der Waals surface area (Å²) in [6.45, 7) is 3.84. The molecule has 0 unspecified atom stereocenters. The zero-order valence-corrected chi connectivity index (χ0v) is 10.6. The number of halogens is 4. The molecule has 96 valence electrons. The second-order valence-electron chi connectivity index (χ2n) is 4.43. The Morgan fingerprint density at radius 2 is 1.83 bits per heavy atom. The molecule has 0 radical (unpaired) electrons. The van der Waals surface area contributed by atoms with Crippen LogP contribution in [0.2, 0.25) is 5.15 Å². The van der Waals surface area contributed by atoms with E-state index in [0.29, 0.717) is 16.1 Å². The van der Waals surface area contributed by atoms with Crippen LogP contribution in [0.1, 0.15) is 30.9 Å². The van der Waals surface area contributed by atoms with Gasteiger partial charge in [0.15, 0.2) is 0 Å². The summed E-state index contributed by atoms with van der Waals surface area (Å²) >= 11 is 5.99. The molecule has 2 rings (SSSR count). The average Bonchev–Trinajstić information content (AvgIpc) is 2.25. The Morgan fingerprint density at radius 1 is 1.17 bits per heavy atom. The number of hydrogen-bond donors (Lipinski definition) is 0. The number of rotatable bonds is 1. The van der Waals surface area contributed by atoms with Gasteiger partial charge in [0.25, 0.3) is 0 Å². The summed E-state index contributed by atoms with van der Waals surface area (Å²) in [5.41, 5.74) is 0.551. The van der Waals surface area contributed by atoms with Gasteiger partial charge in [-0.05, 0) is 35.7 Å². The zero-order chi connectivity index (χ0) is 13.5. The minimum atomic E-state index is -4.34. The monoisotopic (exact) mass is 273 g/mol. The fourth-order valence-electron chi connectivity index (χ4n) is 1.75. The molecule has 0 bridgehead atoms. The molecule has 2 aromatic rings. The van der Waals surface area contributed by atoms with Crippen molar-refractivity contribution in [1.82, 2.24) is 4.98 Å². The highest BCUT2D eigenvalue weighted by Gasteiger charge is 2.30. The minimum absolute atomic E-state index is 0.115. The predicted octanol–water partition coefficient (Wildman–Crippen LogP) is 5.03. The number of fused-ring (bicyclic) bond motifs is 1. The SMILES string of the molecule is CC(C)c1cc2cc(C(F)(F)F)ccc2nc1Cl. The number of nitrogens with zero attached hydrogens (tertiary/aromatic N) is 1. The first kappa shape index (κ1) is 13.1. The molecule has 0 amide bonds. The molecular formula is C13H11ClF3N. The van der Waals surface area contributed by atoms with Crippen molar-refractivity contribution in [3.8, 4) is 0 Å². The quantitative estimate of drug-likeness (QED) is 0.664. The topological polar surface area (TPSA) is 12.9 Å². The largest absolute Gasteiger partial charge is 0.416 e. The van der Waals surface area contributed by atoms with Gasteiger partial charge < -0.3 is 0 Å². The van der Waals surface area contributed by atoms with E-state index in [1.54, 1.807) is 6.07 Å². The molecule has 0 aliphatic carbocycles. The van der Waals surface area contributed by atoms with Gasteiger partial charge in [0.1, 0.15) is 5.15 Å². The Labute approximate surface area is 108 Å². The zero-order valence-electron chi connectivity index (χ0n) is 9.85. The summed E-state index contributed by atoms with van der Waals surface area (Å²) in [5.74, 6) is 0.115. The van der Waals surface area contributed by atoms with Gasteiger partial charge in [-0.1, -0.05) is 25.4 Å². The first-order valence-corrected chi connectivity index (χ1v) is 5.84. The molecule has 0 N–H and O–H groups in total. The van der Waals surface area contributed by atoms with E-state index in [-0.39, 0.29) is 5.92 Å². The van der Waals surface area contributed by atoms with Crippen molar-refractivity contribution in [2.45, 2.75) is 25.9 Å². The van der Waals surface area contributed by atoms with Crippen molar-refractivity contribution in [1.29, 1.82) is 0 Å². The summed E-state index contributed by atoms with van der Waals surface area (Å²) in [7, 11) is 0. The number of alkyl halides is 3. The van der Waals surface area contributed by atoms with Crippen LogP contribution in [0.3, 0.4) is 0 Å². The van der Waals surface area contributed by atoms with Crippen molar-refractivity contribution in [2.24, 2.45) is 0 Å². The minimum Gasteiger partial charge on any atom is -0.236 e. The summed E-state index contributed by atoms with van der Waals surface area (Å²) in [4.78, 5) is 4.12. The highest BCUT2D eigenvalue weighted by molar-refractivity contribution is 6.30. The third-order valence-electron chi connectivity index (χ3n) is 2.74. The normalized spacial score (nSPS) is 12.4. The Kier molecular flexibility index (Phi) is 3.23. The fourth-order valence-corrected chi connectivity index (χ4v) is 2.11. The van der Waals surface area contributed by atoms with Gasteiger partial charge in [-0.15, -0.1) is 0 Å². The molecule has 1 aromatic carbocycles. The Hall–Kier alpha value is -1.29. The molecule has 0 fully saturated rings. The molecule has 0 aliphatic rings. The molecule has 0 atom stereocenters. The van der Waals surface area contributed by atoms with Crippen LogP contribution in [-0.4, -0.2) is 4.98 Å². The Balaban J connectivity index is 2.65. The van der Waals surface area contributed by atoms with Crippen LogP contribution in [0.25, 0.3) is 10.9 Å². The van der Waals surface area contributed by atoms with Gasteiger partial charge in [0.05, 0.1) is 11.1 Å². The van der Waals surface area contributed by atoms with Gasteiger partial charge in [-0.25, -0.2) is 4.98 Å². The van der Waals surface area contributed by atoms with Gasteiger partial charge in [0, 0.05) is 5.39 Å². The Morgan fingerprint density at radius 3 is 2.39 bits per heavy atom. The van der Waals surface area contributed by atoms with E-state index in [4.69, 9.17) is 11.6 Å². The van der Waals surface area contributed by atoms with Crippen molar-refractivity contribution < 1.29 is 13.2 Å². The van der Waals surface area contributed by atoms with E-state index in [1.807, 2.05) is 13.8 Å². The average molecular weight is 274 g/mol. The van der Waals surface area contributed by atoms with Crippen LogP contribution in [0.4, 0.5) is 13.2 Å². The molecule has 18 heavy (non-hydrogen) atoms. The van der Waals surface area contributed by atoms with Crippen LogP contribution >= 0.6 is 11.6 Å². The van der Waals surface area contributed by atoms with Crippen LogP contribution in [0.5, 0.6) is 0 Å². The molecular weight excluding hydrogens is 263 g/mol.